The van der Waals surface area contributed by atoms with E-state index >= 15 is 0 Å². The minimum Gasteiger partial charge on any atom is -0.494 e. The van der Waals surface area contributed by atoms with Gasteiger partial charge in [-0.1, -0.05) is 36.6 Å². The number of fused-ring (bicyclic) bond motifs is 3. The Morgan fingerprint density at radius 1 is 1.17 bits per heavy atom. The number of carbonyl (C=O) groups excluding carboxylic acids is 1. The Kier molecular flexibility index (Phi) is 7.49. The molecule has 3 aromatic rings. The number of ether oxygens (including phenoxy) is 2. The summed E-state index contributed by atoms with van der Waals surface area (Å²) in [5, 5.41) is 5.46. The quantitative estimate of drug-likeness (QED) is 0.364. The van der Waals surface area contributed by atoms with Gasteiger partial charge in [-0.25, -0.2) is 4.79 Å². The number of H-pyrrole nitrogens is 1. The minimum absolute atomic E-state index is 0.256. The van der Waals surface area contributed by atoms with Gasteiger partial charge in [0.1, 0.15) is 11.8 Å². The number of aromatic amines is 1. The van der Waals surface area contributed by atoms with Crippen LogP contribution in [0, 0.1) is 0 Å². The molecule has 1 aliphatic heterocycles. The number of hydrogen-bond donors (Lipinski definition) is 2. The smallest absolute Gasteiger partial charge is 0.410 e. The molecule has 1 fully saturated rings. The number of nitrogens with one attached hydrogen (secondary N) is 2. The highest BCUT2D eigenvalue weighted by Gasteiger charge is 2.35. The van der Waals surface area contributed by atoms with E-state index in [1.807, 2.05) is 42.2 Å². The first-order valence-corrected chi connectivity index (χ1v) is 13.2. The standard InChI is InChI=1S/C28H34ClN3O3/c1-2-34-28(33)32-16-14-23-24-18-20(29)10-13-25(24)31-26(23)27(32)19-8-11-22(12-9-19)35-17-5-15-30-21-6-3-4-7-21/h8-13,18,21,27,30-31H,2-7,14-17H2,1H3. The lowest BCUT2D eigenvalue weighted by atomic mass is 9.92. The maximum atomic E-state index is 12.9. The highest BCUT2D eigenvalue weighted by molar-refractivity contribution is 6.31. The first-order chi connectivity index (χ1) is 17.1. The first kappa shape index (κ1) is 24.0. The van der Waals surface area contributed by atoms with Crippen molar-refractivity contribution in [2.45, 2.75) is 57.5 Å². The lowest BCUT2D eigenvalue weighted by Crippen LogP contribution is -2.40. The van der Waals surface area contributed by atoms with Crippen molar-refractivity contribution < 1.29 is 14.3 Å². The van der Waals surface area contributed by atoms with Crippen LogP contribution in [0.3, 0.4) is 0 Å². The molecule has 2 aliphatic rings. The number of aromatic nitrogens is 1. The third-order valence-electron chi connectivity index (χ3n) is 7.17. The fourth-order valence-electron chi connectivity index (χ4n) is 5.46. The molecule has 2 heterocycles. The van der Waals surface area contributed by atoms with Crippen LogP contribution in [0.15, 0.2) is 42.5 Å². The molecule has 186 valence electrons. The molecule has 7 heteroatoms. The summed E-state index contributed by atoms with van der Waals surface area (Å²) in [6.07, 6.45) is 6.75. The van der Waals surface area contributed by atoms with Crippen molar-refractivity contribution in [3.8, 4) is 5.75 Å². The Morgan fingerprint density at radius 3 is 2.74 bits per heavy atom. The van der Waals surface area contributed by atoms with E-state index in [0.717, 1.165) is 47.3 Å². The topological polar surface area (TPSA) is 66.6 Å². The van der Waals surface area contributed by atoms with Crippen LogP contribution >= 0.6 is 11.6 Å². The Hall–Kier alpha value is -2.70. The second-order valence-electron chi connectivity index (χ2n) is 9.46. The molecule has 1 unspecified atom stereocenters. The normalized spacial score (nSPS) is 18.1. The molecular weight excluding hydrogens is 462 g/mol. The van der Waals surface area contributed by atoms with E-state index < -0.39 is 0 Å². The molecule has 1 aromatic heterocycles. The van der Waals surface area contributed by atoms with Crippen LogP contribution in [0.1, 0.15) is 61.9 Å². The molecule has 0 spiro atoms. The van der Waals surface area contributed by atoms with E-state index in [-0.39, 0.29) is 12.1 Å². The molecular formula is C28H34ClN3O3. The lowest BCUT2D eigenvalue weighted by Gasteiger charge is -2.35. The highest BCUT2D eigenvalue weighted by atomic mass is 35.5. The van der Waals surface area contributed by atoms with Gasteiger partial charge in [0.2, 0.25) is 0 Å². The summed E-state index contributed by atoms with van der Waals surface area (Å²) < 4.78 is 11.4. The van der Waals surface area contributed by atoms with Crippen LogP contribution < -0.4 is 10.1 Å². The van der Waals surface area contributed by atoms with Gasteiger partial charge >= 0.3 is 6.09 Å². The van der Waals surface area contributed by atoms with Crippen molar-refractivity contribution in [1.82, 2.24) is 15.2 Å². The van der Waals surface area contributed by atoms with Crippen LogP contribution in [0.4, 0.5) is 4.79 Å². The molecule has 5 rings (SSSR count). The predicted octanol–water partition coefficient (Wildman–Crippen LogP) is 6.23. The van der Waals surface area contributed by atoms with E-state index in [2.05, 4.69) is 22.4 Å². The number of halogens is 1. The summed E-state index contributed by atoms with van der Waals surface area (Å²) in [4.78, 5) is 18.2. The Labute approximate surface area is 211 Å². The Morgan fingerprint density at radius 2 is 1.97 bits per heavy atom. The summed E-state index contributed by atoms with van der Waals surface area (Å²) in [5.41, 5.74) is 4.28. The van der Waals surface area contributed by atoms with Gasteiger partial charge in [0, 0.05) is 34.2 Å². The number of benzene rings is 2. The van der Waals surface area contributed by atoms with Gasteiger partial charge in [0.15, 0.2) is 0 Å². The van der Waals surface area contributed by atoms with Crippen LogP contribution in [-0.2, 0) is 11.2 Å². The maximum Gasteiger partial charge on any atom is 0.410 e. The summed E-state index contributed by atoms with van der Waals surface area (Å²) in [6.45, 7) is 4.45. The largest absolute Gasteiger partial charge is 0.494 e. The van der Waals surface area contributed by atoms with Crippen molar-refractivity contribution in [1.29, 1.82) is 0 Å². The Bertz CT molecular complexity index is 1150. The summed E-state index contributed by atoms with van der Waals surface area (Å²) in [7, 11) is 0. The number of nitrogens with zero attached hydrogens (tertiary/aromatic N) is 1. The highest BCUT2D eigenvalue weighted by Crippen LogP contribution is 2.39. The van der Waals surface area contributed by atoms with Gasteiger partial charge in [0.05, 0.1) is 13.2 Å². The number of amides is 1. The molecule has 0 saturated heterocycles. The molecule has 0 radical (unpaired) electrons. The molecule has 0 bridgehead atoms. The molecule has 1 saturated carbocycles. The summed E-state index contributed by atoms with van der Waals surface area (Å²) >= 11 is 6.29. The van der Waals surface area contributed by atoms with Crippen molar-refractivity contribution >= 4 is 28.6 Å². The van der Waals surface area contributed by atoms with Gasteiger partial charge in [-0.05, 0) is 80.6 Å². The van der Waals surface area contributed by atoms with Gasteiger partial charge in [-0.15, -0.1) is 0 Å². The third-order valence-corrected chi connectivity index (χ3v) is 7.40. The second kappa shape index (κ2) is 10.9. The van der Waals surface area contributed by atoms with E-state index in [0.29, 0.717) is 30.8 Å². The average Bonchev–Trinajstić information content (AvgIpc) is 3.51. The van der Waals surface area contributed by atoms with Crippen molar-refractivity contribution in [3.63, 3.8) is 0 Å². The molecule has 6 nitrogen and oxygen atoms in total. The molecule has 1 atom stereocenters. The molecule has 2 aromatic carbocycles. The third kappa shape index (κ3) is 5.29. The zero-order chi connectivity index (χ0) is 24.2. The van der Waals surface area contributed by atoms with Crippen molar-refractivity contribution in [2.24, 2.45) is 0 Å². The fourth-order valence-corrected chi connectivity index (χ4v) is 5.63. The summed E-state index contributed by atoms with van der Waals surface area (Å²) in [5.74, 6) is 0.844. The first-order valence-electron chi connectivity index (χ1n) is 12.8. The maximum absolute atomic E-state index is 12.9. The lowest BCUT2D eigenvalue weighted by molar-refractivity contribution is 0.0932. The van der Waals surface area contributed by atoms with E-state index in [9.17, 15) is 4.79 Å². The van der Waals surface area contributed by atoms with Gasteiger partial charge in [0.25, 0.3) is 0 Å². The van der Waals surface area contributed by atoms with E-state index in [4.69, 9.17) is 21.1 Å². The molecule has 1 amide bonds. The van der Waals surface area contributed by atoms with Crippen LogP contribution in [0.5, 0.6) is 5.75 Å². The SMILES string of the molecule is CCOC(=O)N1CCc2c([nH]c3ccc(Cl)cc23)C1c1ccc(OCCCNC2CCCC2)cc1. The average molecular weight is 496 g/mol. The predicted molar refractivity (Wildman–Crippen MR) is 139 cm³/mol. The van der Waals surface area contributed by atoms with Crippen LogP contribution in [0.25, 0.3) is 10.9 Å². The second-order valence-corrected chi connectivity index (χ2v) is 9.89. The van der Waals surface area contributed by atoms with Crippen molar-refractivity contribution in [2.75, 3.05) is 26.3 Å². The number of rotatable bonds is 8. The van der Waals surface area contributed by atoms with Crippen LogP contribution in [-0.4, -0.2) is 48.3 Å². The summed E-state index contributed by atoms with van der Waals surface area (Å²) in [6, 6.07) is 14.4. The van der Waals surface area contributed by atoms with Gasteiger partial charge < -0.3 is 19.8 Å². The van der Waals surface area contributed by atoms with Gasteiger partial charge in [-0.2, -0.15) is 0 Å². The minimum atomic E-state index is -0.296. The monoisotopic (exact) mass is 495 g/mol. The van der Waals surface area contributed by atoms with Gasteiger partial charge in [-0.3, -0.25) is 4.90 Å². The van der Waals surface area contributed by atoms with Crippen LogP contribution in [0.2, 0.25) is 5.02 Å². The zero-order valence-corrected chi connectivity index (χ0v) is 21.1. The molecule has 2 N–H and O–H groups in total. The number of hydrogen-bond acceptors (Lipinski definition) is 4. The van der Waals surface area contributed by atoms with Crippen molar-refractivity contribution in [3.05, 3.63) is 64.3 Å². The molecule has 35 heavy (non-hydrogen) atoms. The Balaban J connectivity index is 1.32. The fraction of sp³-hybridized carbons (Fsp3) is 0.464. The zero-order valence-electron chi connectivity index (χ0n) is 20.3. The molecule has 1 aliphatic carbocycles. The number of carbonyl (C=O) groups is 1. The van der Waals surface area contributed by atoms with E-state index in [1.165, 1.54) is 31.2 Å². The van der Waals surface area contributed by atoms with E-state index in [1.54, 1.807) is 0 Å².